The van der Waals surface area contributed by atoms with Gasteiger partial charge in [0.1, 0.15) is 0 Å². The SMILES string of the molecule is COc1cc2c(c(OC)c1OC)-c1ccc(NCCCCCC(=O)N[C@H]3CCCc4c3[nH]c3ccccc43)c(=O)cc1[C@@H](NC(C)=O)CC2. The van der Waals surface area contributed by atoms with E-state index in [1.807, 2.05) is 18.2 Å². The summed E-state index contributed by atoms with van der Waals surface area (Å²) in [6.07, 6.45) is 7.16. The maximum Gasteiger partial charge on any atom is 0.220 e. The standard InChI is InChI=1S/C39H46N4O6/c1-23(44)41-30-18-16-24-21-34(47-2)38(48-3)39(49-4)36(24)26-17-19-31(33(45)22-28(26)30)40-20-9-5-6-15-35(46)42-32-14-10-12-27-25-11-7-8-13-29(25)43-37(27)32/h7-8,11,13,17,19,21-22,30,32,43H,5-6,9-10,12,14-16,18,20H2,1-4H3,(H,40,45)(H,41,44)(H,42,46)/t30-,32-/m0/s1. The number of aryl methyl sites for hydroxylation is 2. The number of benzene rings is 2. The quantitative estimate of drug-likeness (QED) is 0.127. The molecule has 0 unspecified atom stereocenters. The van der Waals surface area contributed by atoms with Crippen molar-refractivity contribution in [3.8, 4) is 28.4 Å². The summed E-state index contributed by atoms with van der Waals surface area (Å²) in [7, 11) is 4.74. The normalized spacial score (nSPS) is 16.4. The number of ether oxygens (including phenoxy) is 3. The van der Waals surface area contributed by atoms with Crippen LogP contribution in [-0.4, -0.2) is 44.7 Å². The molecule has 0 saturated carbocycles. The average Bonchev–Trinajstić information content (AvgIpc) is 3.33. The highest BCUT2D eigenvalue weighted by Crippen LogP contribution is 2.50. The lowest BCUT2D eigenvalue weighted by atomic mass is 9.91. The summed E-state index contributed by atoms with van der Waals surface area (Å²) in [5.41, 5.74) is 7.22. The van der Waals surface area contributed by atoms with Gasteiger partial charge in [-0.05, 0) is 91.5 Å². The van der Waals surface area contributed by atoms with Crippen LogP contribution < -0.4 is 35.6 Å². The average molecular weight is 667 g/mol. The van der Waals surface area contributed by atoms with E-state index in [0.717, 1.165) is 72.0 Å². The molecule has 0 spiro atoms. The third-order valence-corrected chi connectivity index (χ3v) is 9.76. The van der Waals surface area contributed by atoms with Crippen LogP contribution in [-0.2, 0) is 22.4 Å². The van der Waals surface area contributed by atoms with Crippen molar-refractivity contribution in [3.63, 3.8) is 0 Å². The van der Waals surface area contributed by atoms with Crippen molar-refractivity contribution in [1.29, 1.82) is 0 Å². The number of para-hydroxylation sites is 1. The van der Waals surface area contributed by atoms with Gasteiger partial charge in [0.2, 0.25) is 23.0 Å². The number of methoxy groups -OCH3 is 3. The minimum Gasteiger partial charge on any atom is -0.493 e. The predicted octanol–water partition coefficient (Wildman–Crippen LogP) is 6.51. The van der Waals surface area contributed by atoms with Crippen LogP contribution in [0.5, 0.6) is 17.2 Å². The molecule has 10 heteroatoms. The van der Waals surface area contributed by atoms with Crippen molar-refractivity contribution in [2.75, 3.05) is 33.2 Å². The molecule has 2 aliphatic rings. The van der Waals surface area contributed by atoms with E-state index in [4.69, 9.17) is 14.2 Å². The van der Waals surface area contributed by atoms with Crippen molar-refractivity contribution in [1.82, 2.24) is 15.6 Å². The van der Waals surface area contributed by atoms with E-state index in [9.17, 15) is 14.4 Å². The van der Waals surface area contributed by atoms with Crippen molar-refractivity contribution >= 4 is 28.4 Å². The van der Waals surface area contributed by atoms with Crippen LogP contribution in [0.4, 0.5) is 5.69 Å². The van der Waals surface area contributed by atoms with Gasteiger partial charge in [0, 0.05) is 42.0 Å². The van der Waals surface area contributed by atoms with Gasteiger partial charge in [-0.25, -0.2) is 0 Å². The number of rotatable bonds is 12. The summed E-state index contributed by atoms with van der Waals surface area (Å²) >= 11 is 0. The smallest absolute Gasteiger partial charge is 0.220 e. The number of aromatic amines is 1. The Hall–Kier alpha value is -4.99. The third kappa shape index (κ3) is 7.09. The van der Waals surface area contributed by atoms with Crippen LogP contribution >= 0.6 is 0 Å². The first-order valence-electron chi connectivity index (χ1n) is 17.2. The molecule has 4 aromatic rings. The molecule has 2 amide bonds. The van der Waals surface area contributed by atoms with Crippen LogP contribution in [0.3, 0.4) is 0 Å². The Morgan fingerprint density at radius 2 is 1.69 bits per heavy atom. The number of hydrogen-bond donors (Lipinski definition) is 4. The number of hydrogen-bond acceptors (Lipinski definition) is 7. The van der Waals surface area contributed by atoms with E-state index < -0.39 is 0 Å². The minimum absolute atomic E-state index is 0.0232. The molecule has 0 aliphatic heterocycles. The Balaban J connectivity index is 1.11. The molecule has 6 rings (SSSR count). The molecule has 2 aliphatic carbocycles. The number of carbonyl (C=O) groups excluding carboxylic acids is 2. The number of H-pyrrole nitrogens is 1. The molecule has 0 saturated heterocycles. The fourth-order valence-corrected chi connectivity index (χ4v) is 7.49. The van der Waals surface area contributed by atoms with Gasteiger partial charge in [0.15, 0.2) is 11.5 Å². The van der Waals surface area contributed by atoms with Crippen molar-refractivity contribution in [3.05, 3.63) is 81.1 Å². The van der Waals surface area contributed by atoms with E-state index in [2.05, 4.69) is 39.1 Å². The number of amides is 2. The van der Waals surface area contributed by atoms with Gasteiger partial charge < -0.3 is 35.1 Å². The molecular formula is C39H46N4O6. The Morgan fingerprint density at radius 1 is 0.878 bits per heavy atom. The van der Waals surface area contributed by atoms with Crippen molar-refractivity contribution in [2.24, 2.45) is 0 Å². The molecule has 258 valence electrons. The summed E-state index contributed by atoms with van der Waals surface area (Å²) in [6, 6.07) is 15.3. The molecule has 1 aromatic heterocycles. The second-order valence-electron chi connectivity index (χ2n) is 12.9. The topological polar surface area (TPSA) is 131 Å². The van der Waals surface area contributed by atoms with Crippen LogP contribution in [0.2, 0.25) is 0 Å². The maximum absolute atomic E-state index is 13.6. The number of nitrogens with one attached hydrogen (secondary N) is 4. The first kappa shape index (κ1) is 33.9. The van der Waals surface area contributed by atoms with Crippen LogP contribution in [0.1, 0.15) is 86.3 Å². The van der Waals surface area contributed by atoms with Crippen LogP contribution in [0.25, 0.3) is 22.0 Å². The van der Waals surface area contributed by atoms with E-state index in [-0.39, 0.29) is 29.3 Å². The van der Waals surface area contributed by atoms with Crippen LogP contribution in [0.15, 0.2) is 53.3 Å². The zero-order valence-corrected chi connectivity index (χ0v) is 28.8. The van der Waals surface area contributed by atoms with E-state index >= 15 is 0 Å². The largest absolute Gasteiger partial charge is 0.493 e. The number of aromatic nitrogens is 1. The van der Waals surface area contributed by atoms with Gasteiger partial charge in [-0.3, -0.25) is 14.4 Å². The number of carbonyl (C=O) groups is 2. The van der Waals surface area contributed by atoms with Gasteiger partial charge in [0.05, 0.1) is 39.1 Å². The molecule has 0 fully saturated rings. The summed E-state index contributed by atoms with van der Waals surface area (Å²) in [6.45, 7) is 2.07. The Kier molecular flexibility index (Phi) is 10.4. The lowest BCUT2D eigenvalue weighted by Gasteiger charge is -2.24. The Labute approximate surface area is 286 Å². The second-order valence-corrected chi connectivity index (χ2v) is 12.9. The van der Waals surface area contributed by atoms with Gasteiger partial charge in [-0.2, -0.15) is 0 Å². The number of unbranched alkanes of at least 4 members (excludes halogenated alkanes) is 2. The van der Waals surface area contributed by atoms with E-state index in [1.165, 1.54) is 17.9 Å². The Bertz CT molecular complexity index is 1920. The highest BCUT2D eigenvalue weighted by molar-refractivity contribution is 5.86. The highest BCUT2D eigenvalue weighted by Gasteiger charge is 2.30. The molecule has 10 nitrogen and oxygen atoms in total. The molecule has 3 aromatic carbocycles. The fraction of sp³-hybridized carbons (Fsp3) is 0.410. The summed E-state index contributed by atoms with van der Waals surface area (Å²) < 4.78 is 17.2. The summed E-state index contributed by atoms with van der Waals surface area (Å²) in [4.78, 5) is 42.2. The zero-order chi connectivity index (χ0) is 34.5. The van der Waals surface area contributed by atoms with E-state index in [0.29, 0.717) is 48.7 Å². The summed E-state index contributed by atoms with van der Waals surface area (Å²) in [5.74, 6) is 1.44. The first-order valence-corrected chi connectivity index (χ1v) is 17.2. The van der Waals surface area contributed by atoms with Gasteiger partial charge in [-0.1, -0.05) is 30.7 Å². The van der Waals surface area contributed by atoms with Gasteiger partial charge in [-0.15, -0.1) is 0 Å². The second kappa shape index (κ2) is 15.1. The molecule has 2 atom stereocenters. The number of anilines is 1. The molecule has 0 radical (unpaired) electrons. The van der Waals surface area contributed by atoms with Crippen LogP contribution in [0, 0.1) is 0 Å². The lowest BCUT2D eigenvalue weighted by molar-refractivity contribution is -0.122. The maximum atomic E-state index is 13.6. The first-order chi connectivity index (χ1) is 23.8. The third-order valence-electron chi connectivity index (χ3n) is 9.76. The zero-order valence-electron chi connectivity index (χ0n) is 28.8. The predicted molar refractivity (Wildman–Crippen MR) is 192 cm³/mol. The molecule has 49 heavy (non-hydrogen) atoms. The summed E-state index contributed by atoms with van der Waals surface area (Å²) in [5, 5.41) is 10.9. The van der Waals surface area contributed by atoms with E-state index in [1.54, 1.807) is 33.5 Å². The molecular weight excluding hydrogens is 620 g/mol. The van der Waals surface area contributed by atoms with Gasteiger partial charge in [0.25, 0.3) is 0 Å². The lowest BCUT2D eigenvalue weighted by Crippen LogP contribution is -2.30. The monoisotopic (exact) mass is 666 g/mol. The Morgan fingerprint density at radius 3 is 2.47 bits per heavy atom. The fourth-order valence-electron chi connectivity index (χ4n) is 7.49. The van der Waals surface area contributed by atoms with Gasteiger partial charge >= 0.3 is 0 Å². The highest BCUT2D eigenvalue weighted by atomic mass is 16.5. The van der Waals surface area contributed by atoms with Crippen molar-refractivity contribution in [2.45, 2.75) is 76.8 Å². The molecule has 4 N–H and O–H groups in total. The number of fused-ring (bicyclic) bond motifs is 6. The minimum atomic E-state index is -0.364. The molecule has 1 heterocycles. The van der Waals surface area contributed by atoms with Crippen molar-refractivity contribution < 1.29 is 23.8 Å². The molecule has 0 bridgehead atoms.